The molecule has 0 aromatic heterocycles. The van der Waals surface area contributed by atoms with Crippen LogP contribution in [-0.2, 0) is 0 Å². The molecule has 1 aliphatic carbocycles. The predicted octanol–water partition coefficient (Wildman–Crippen LogP) is 3.07. The van der Waals surface area contributed by atoms with Crippen LogP contribution in [-0.4, -0.2) is 30.7 Å². The molecule has 2 rings (SSSR count). The average Bonchev–Trinajstić information content (AvgIpc) is 2.27. The zero-order valence-electron chi connectivity index (χ0n) is 12.0. The molecule has 1 N–H and O–H groups in total. The van der Waals surface area contributed by atoms with E-state index in [4.69, 9.17) is 0 Å². The van der Waals surface area contributed by atoms with Crippen LogP contribution in [0.5, 0.6) is 0 Å². The van der Waals surface area contributed by atoms with Crippen LogP contribution < -0.4 is 0 Å². The second-order valence-electron chi connectivity index (χ2n) is 6.08. The van der Waals surface area contributed by atoms with Crippen LogP contribution in [0.15, 0.2) is 18.2 Å². The van der Waals surface area contributed by atoms with Crippen molar-refractivity contribution in [2.45, 2.75) is 39.2 Å². The lowest BCUT2D eigenvalue weighted by Crippen LogP contribution is -2.45. The van der Waals surface area contributed by atoms with E-state index in [1.807, 2.05) is 0 Å². The van der Waals surface area contributed by atoms with Crippen molar-refractivity contribution in [2.75, 3.05) is 20.7 Å². The van der Waals surface area contributed by atoms with Gasteiger partial charge in [0.2, 0.25) is 0 Å². The Kier molecular flexibility index (Phi) is 3.79. The van der Waals surface area contributed by atoms with Crippen LogP contribution in [0.1, 0.15) is 42.0 Å². The molecule has 1 aliphatic rings. The van der Waals surface area contributed by atoms with E-state index in [0.29, 0.717) is 12.6 Å². The fourth-order valence-corrected chi connectivity index (χ4v) is 3.28. The minimum absolute atomic E-state index is 0.0746. The van der Waals surface area contributed by atoms with Gasteiger partial charge in [0.25, 0.3) is 0 Å². The number of nitrogens with zero attached hydrogens (tertiary/aromatic N) is 1. The van der Waals surface area contributed by atoms with Gasteiger partial charge >= 0.3 is 0 Å². The normalized spacial score (nSPS) is 19.7. The van der Waals surface area contributed by atoms with Crippen molar-refractivity contribution >= 4 is 0 Å². The van der Waals surface area contributed by atoms with Crippen molar-refractivity contribution in [3.8, 4) is 0 Å². The molecule has 1 aromatic carbocycles. The third kappa shape index (κ3) is 2.19. The largest absolute Gasteiger partial charge is 0.396 e. The number of aliphatic hydroxyl groups is 1. The average molecular weight is 247 g/mol. The summed E-state index contributed by atoms with van der Waals surface area (Å²) in [6.45, 7) is 4.61. The third-order valence-corrected chi connectivity index (χ3v) is 4.61. The van der Waals surface area contributed by atoms with E-state index in [1.165, 1.54) is 23.1 Å². The van der Waals surface area contributed by atoms with E-state index in [2.05, 4.69) is 51.0 Å². The summed E-state index contributed by atoms with van der Waals surface area (Å²) in [7, 11) is 4.24. The number of hydrogen-bond acceptors (Lipinski definition) is 2. The molecule has 0 bridgehead atoms. The highest BCUT2D eigenvalue weighted by Crippen LogP contribution is 2.51. The van der Waals surface area contributed by atoms with Gasteiger partial charge in [0.15, 0.2) is 0 Å². The van der Waals surface area contributed by atoms with Gasteiger partial charge in [-0.05, 0) is 57.5 Å². The first kappa shape index (κ1) is 13.6. The summed E-state index contributed by atoms with van der Waals surface area (Å²) in [5.41, 5.74) is 4.09. The summed E-state index contributed by atoms with van der Waals surface area (Å²) in [5, 5.41) is 9.81. The standard InChI is InChI=1S/C16H25NO/c1-12-6-7-14(10-13(12)2)15(17(3)4)16(11-18)8-5-9-16/h6-7,10,15,18H,5,8-9,11H2,1-4H3. The van der Waals surface area contributed by atoms with Crippen LogP contribution in [0.3, 0.4) is 0 Å². The lowest BCUT2D eigenvalue weighted by molar-refractivity contribution is -0.0308. The predicted molar refractivity (Wildman–Crippen MR) is 75.7 cm³/mol. The number of rotatable bonds is 4. The molecule has 2 heteroatoms. The van der Waals surface area contributed by atoms with E-state index in [9.17, 15) is 5.11 Å². The molecular weight excluding hydrogens is 222 g/mol. The zero-order valence-corrected chi connectivity index (χ0v) is 12.0. The number of hydrogen-bond donors (Lipinski definition) is 1. The zero-order chi connectivity index (χ0) is 13.3. The Hall–Kier alpha value is -0.860. The molecule has 1 fully saturated rings. The van der Waals surface area contributed by atoms with Gasteiger partial charge in [-0.2, -0.15) is 0 Å². The van der Waals surface area contributed by atoms with Crippen LogP contribution in [0, 0.1) is 19.3 Å². The van der Waals surface area contributed by atoms with Gasteiger partial charge in [0, 0.05) is 11.5 Å². The van der Waals surface area contributed by atoms with Gasteiger partial charge in [0.1, 0.15) is 0 Å². The summed E-state index contributed by atoms with van der Waals surface area (Å²) in [6.07, 6.45) is 3.52. The molecule has 1 unspecified atom stereocenters. The van der Waals surface area contributed by atoms with E-state index in [1.54, 1.807) is 0 Å². The van der Waals surface area contributed by atoms with E-state index in [-0.39, 0.29) is 5.41 Å². The first-order chi connectivity index (χ1) is 8.50. The maximum atomic E-state index is 9.81. The molecule has 0 radical (unpaired) electrons. The van der Waals surface area contributed by atoms with Gasteiger partial charge in [-0.3, -0.25) is 0 Å². The number of aliphatic hydroxyl groups excluding tert-OH is 1. The molecule has 1 aromatic rings. The van der Waals surface area contributed by atoms with E-state index < -0.39 is 0 Å². The quantitative estimate of drug-likeness (QED) is 0.884. The van der Waals surface area contributed by atoms with Gasteiger partial charge < -0.3 is 10.0 Å². The number of aryl methyl sites for hydroxylation is 2. The first-order valence-electron chi connectivity index (χ1n) is 6.84. The first-order valence-corrected chi connectivity index (χ1v) is 6.84. The Bertz CT molecular complexity index is 416. The molecule has 0 heterocycles. The Morgan fingerprint density at radius 1 is 1.22 bits per heavy atom. The fraction of sp³-hybridized carbons (Fsp3) is 0.625. The maximum Gasteiger partial charge on any atom is 0.0505 e. The van der Waals surface area contributed by atoms with Crippen LogP contribution in [0.4, 0.5) is 0 Å². The molecular formula is C16H25NO. The monoisotopic (exact) mass is 247 g/mol. The summed E-state index contributed by atoms with van der Waals surface area (Å²) in [6, 6.07) is 7.04. The van der Waals surface area contributed by atoms with Crippen LogP contribution in [0.2, 0.25) is 0 Å². The van der Waals surface area contributed by atoms with Gasteiger partial charge in [-0.25, -0.2) is 0 Å². The number of benzene rings is 1. The minimum atomic E-state index is 0.0746. The molecule has 0 spiro atoms. The van der Waals surface area contributed by atoms with Crippen molar-refractivity contribution in [1.29, 1.82) is 0 Å². The Morgan fingerprint density at radius 2 is 1.89 bits per heavy atom. The Labute approximate surface area is 111 Å². The topological polar surface area (TPSA) is 23.5 Å². The van der Waals surface area contributed by atoms with Crippen molar-refractivity contribution in [3.05, 3.63) is 34.9 Å². The molecule has 18 heavy (non-hydrogen) atoms. The highest BCUT2D eigenvalue weighted by atomic mass is 16.3. The van der Waals surface area contributed by atoms with Gasteiger partial charge in [-0.1, -0.05) is 24.6 Å². The van der Waals surface area contributed by atoms with Gasteiger partial charge in [0.05, 0.1) is 6.61 Å². The second kappa shape index (κ2) is 5.02. The Morgan fingerprint density at radius 3 is 2.28 bits per heavy atom. The molecule has 2 nitrogen and oxygen atoms in total. The summed E-state index contributed by atoms with van der Waals surface area (Å²) in [4.78, 5) is 2.26. The Balaban J connectivity index is 2.38. The fourth-order valence-electron chi connectivity index (χ4n) is 3.28. The molecule has 0 amide bonds. The molecule has 0 saturated heterocycles. The van der Waals surface area contributed by atoms with Crippen LogP contribution in [0.25, 0.3) is 0 Å². The third-order valence-electron chi connectivity index (χ3n) is 4.61. The second-order valence-corrected chi connectivity index (χ2v) is 6.08. The molecule has 1 atom stereocenters. The lowest BCUT2D eigenvalue weighted by Gasteiger charge is -2.49. The highest BCUT2D eigenvalue weighted by Gasteiger charge is 2.45. The van der Waals surface area contributed by atoms with Crippen molar-refractivity contribution in [2.24, 2.45) is 5.41 Å². The summed E-state index contributed by atoms with van der Waals surface area (Å²) >= 11 is 0. The highest BCUT2D eigenvalue weighted by molar-refractivity contribution is 5.33. The summed E-state index contributed by atoms with van der Waals surface area (Å²) in [5.74, 6) is 0. The van der Waals surface area contributed by atoms with Crippen molar-refractivity contribution < 1.29 is 5.11 Å². The van der Waals surface area contributed by atoms with Crippen molar-refractivity contribution in [1.82, 2.24) is 4.90 Å². The van der Waals surface area contributed by atoms with E-state index in [0.717, 1.165) is 12.8 Å². The van der Waals surface area contributed by atoms with Gasteiger partial charge in [-0.15, -0.1) is 0 Å². The van der Waals surface area contributed by atoms with Crippen molar-refractivity contribution in [3.63, 3.8) is 0 Å². The minimum Gasteiger partial charge on any atom is -0.396 e. The molecule has 1 saturated carbocycles. The summed E-state index contributed by atoms with van der Waals surface area (Å²) < 4.78 is 0. The smallest absolute Gasteiger partial charge is 0.0505 e. The van der Waals surface area contributed by atoms with Crippen LogP contribution >= 0.6 is 0 Å². The SMILES string of the molecule is Cc1ccc(C(N(C)C)C2(CO)CCC2)cc1C. The molecule has 100 valence electrons. The van der Waals surface area contributed by atoms with E-state index >= 15 is 0 Å². The molecule has 0 aliphatic heterocycles. The lowest BCUT2D eigenvalue weighted by atomic mass is 9.62. The maximum absolute atomic E-state index is 9.81.